The van der Waals surface area contributed by atoms with Gasteiger partial charge in [0.25, 0.3) is 0 Å². The number of para-hydroxylation sites is 1. The largest absolute Gasteiger partial charge is 0.457 e. The van der Waals surface area contributed by atoms with E-state index in [1.807, 2.05) is 55.5 Å². The maximum absolute atomic E-state index is 12.8. The molecule has 3 aromatic heterocycles. The van der Waals surface area contributed by atoms with E-state index in [1.54, 1.807) is 29.3 Å². The molecule has 0 atom stereocenters. The summed E-state index contributed by atoms with van der Waals surface area (Å²) in [6.07, 6.45) is 7.13. The molecule has 0 aliphatic carbocycles. The van der Waals surface area contributed by atoms with Crippen LogP contribution in [0, 0.1) is 0 Å². The normalized spacial score (nSPS) is 10.6. The number of rotatable bonds is 7. The van der Waals surface area contributed by atoms with Crippen molar-refractivity contribution in [2.45, 2.75) is 20.0 Å². The van der Waals surface area contributed by atoms with E-state index in [2.05, 4.69) is 15.1 Å². The summed E-state index contributed by atoms with van der Waals surface area (Å²) in [5, 5.41) is 4.33. The van der Waals surface area contributed by atoms with Gasteiger partial charge in [0.1, 0.15) is 23.7 Å². The number of carbonyl (C=O) groups is 1. The van der Waals surface area contributed by atoms with Crippen molar-refractivity contribution in [3.63, 3.8) is 0 Å². The molecule has 30 heavy (non-hydrogen) atoms. The van der Waals surface area contributed by atoms with Crippen LogP contribution in [0.15, 0.2) is 79.4 Å². The van der Waals surface area contributed by atoms with Gasteiger partial charge in [-0.1, -0.05) is 31.2 Å². The molecular formula is C23H20N4O3. The maximum atomic E-state index is 12.8. The first-order chi connectivity index (χ1) is 14.8. The molecule has 0 bridgehead atoms. The minimum absolute atomic E-state index is 0.0766. The lowest BCUT2D eigenvalue weighted by molar-refractivity contribution is 0.0469. The number of esters is 1. The number of pyridine rings is 2. The van der Waals surface area contributed by atoms with Crippen LogP contribution in [0.1, 0.15) is 28.5 Å². The molecule has 0 spiro atoms. The molecular weight excluding hydrogens is 380 g/mol. The molecule has 150 valence electrons. The summed E-state index contributed by atoms with van der Waals surface area (Å²) in [5.74, 6) is 1.44. The van der Waals surface area contributed by atoms with Gasteiger partial charge < -0.3 is 9.47 Å². The van der Waals surface area contributed by atoms with Gasteiger partial charge in [-0.15, -0.1) is 0 Å². The van der Waals surface area contributed by atoms with E-state index < -0.39 is 5.97 Å². The van der Waals surface area contributed by atoms with Crippen molar-refractivity contribution in [2.75, 3.05) is 0 Å². The van der Waals surface area contributed by atoms with Gasteiger partial charge >= 0.3 is 5.97 Å². The van der Waals surface area contributed by atoms with E-state index in [9.17, 15) is 4.79 Å². The highest BCUT2D eigenvalue weighted by Gasteiger charge is 2.19. The Bertz CT molecular complexity index is 1130. The number of ether oxygens (including phenoxy) is 2. The molecule has 0 N–H and O–H groups in total. The Morgan fingerprint density at radius 2 is 1.87 bits per heavy atom. The van der Waals surface area contributed by atoms with Crippen LogP contribution in [-0.4, -0.2) is 25.7 Å². The third-order valence-electron chi connectivity index (χ3n) is 4.48. The molecule has 3 heterocycles. The molecule has 4 rings (SSSR count). The Labute approximate surface area is 173 Å². The van der Waals surface area contributed by atoms with Crippen LogP contribution in [0.5, 0.6) is 11.5 Å². The number of aromatic nitrogens is 4. The van der Waals surface area contributed by atoms with Gasteiger partial charge in [0, 0.05) is 18.0 Å². The van der Waals surface area contributed by atoms with Crippen LogP contribution in [0.2, 0.25) is 0 Å². The second kappa shape index (κ2) is 9.00. The van der Waals surface area contributed by atoms with Crippen LogP contribution in [-0.2, 0) is 17.8 Å². The van der Waals surface area contributed by atoms with Gasteiger partial charge in [-0.25, -0.2) is 14.5 Å². The molecule has 1 aromatic carbocycles. The Balaban J connectivity index is 1.50. The number of hydrogen-bond acceptors (Lipinski definition) is 6. The second-order valence-electron chi connectivity index (χ2n) is 6.43. The van der Waals surface area contributed by atoms with Gasteiger partial charge in [0.2, 0.25) is 0 Å². The van der Waals surface area contributed by atoms with Crippen LogP contribution in [0.25, 0.3) is 5.82 Å². The second-order valence-corrected chi connectivity index (χ2v) is 6.43. The van der Waals surface area contributed by atoms with Crippen molar-refractivity contribution in [1.82, 2.24) is 19.7 Å². The minimum atomic E-state index is -0.440. The molecule has 0 aliphatic rings. The summed E-state index contributed by atoms with van der Waals surface area (Å²) in [4.78, 5) is 21.1. The van der Waals surface area contributed by atoms with E-state index in [-0.39, 0.29) is 6.61 Å². The average molecular weight is 400 g/mol. The standard InChI is InChI=1S/C23H20N4O3/c1-2-20-19(15-26-27(20)22-11-5-6-13-25-22)23(28)29-16-17-8-3-4-10-21(17)30-18-9-7-12-24-14-18/h3-15H,2,16H2,1H3. The number of nitrogens with zero attached hydrogens (tertiary/aromatic N) is 4. The van der Waals surface area contributed by atoms with Crippen molar-refractivity contribution in [2.24, 2.45) is 0 Å². The van der Waals surface area contributed by atoms with Crippen molar-refractivity contribution < 1.29 is 14.3 Å². The van der Waals surface area contributed by atoms with Crippen molar-refractivity contribution in [1.29, 1.82) is 0 Å². The van der Waals surface area contributed by atoms with Crippen LogP contribution < -0.4 is 4.74 Å². The fourth-order valence-electron chi connectivity index (χ4n) is 3.04. The summed E-state index contributed by atoms with van der Waals surface area (Å²) < 4.78 is 13.1. The highest BCUT2D eigenvalue weighted by atomic mass is 16.5. The topological polar surface area (TPSA) is 79.1 Å². The van der Waals surface area contributed by atoms with Gasteiger partial charge in [-0.3, -0.25) is 4.98 Å². The van der Waals surface area contributed by atoms with Crippen molar-refractivity contribution in [3.8, 4) is 17.3 Å². The Morgan fingerprint density at radius 1 is 1.00 bits per heavy atom. The van der Waals surface area contributed by atoms with E-state index >= 15 is 0 Å². The molecule has 0 unspecified atom stereocenters. The molecule has 0 fully saturated rings. The zero-order valence-corrected chi connectivity index (χ0v) is 16.4. The molecule has 0 amide bonds. The van der Waals surface area contributed by atoms with Crippen molar-refractivity contribution in [3.05, 3.63) is 96.2 Å². The Kier molecular flexibility index (Phi) is 5.80. The number of benzene rings is 1. The number of carbonyl (C=O) groups excluding carboxylic acids is 1. The van der Waals surface area contributed by atoms with Crippen LogP contribution in [0.4, 0.5) is 0 Å². The summed E-state index contributed by atoms with van der Waals surface area (Å²) in [6.45, 7) is 2.04. The first-order valence-electron chi connectivity index (χ1n) is 9.57. The van der Waals surface area contributed by atoms with E-state index in [1.165, 1.54) is 6.20 Å². The Hall–Kier alpha value is -4.00. The Morgan fingerprint density at radius 3 is 2.63 bits per heavy atom. The highest BCUT2D eigenvalue weighted by Crippen LogP contribution is 2.25. The lowest BCUT2D eigenvalue weighted by Crippen LogP contribution is -2.10. The molecule has 0 saturated heterocycles. The van der Waals surface area contributed by atoms with Gasteiger partial charge in [-0.2, -0.15) is 5.10 Å². The molecule has 0 radical (unpaired) electrons. The third kappa shape index (κ3) is 4.20. The van der Waals surface area contributed by atoms with Gasteiger partial charge in [-0.05, 0) is 36.8 Å². The van der Waals surface area contributed by atoms with Crippen LogP contribution >= 0.6 is 0 Å². The van der Waals surface area contributed by atoms with E-state index in [4.69, 9.17) is 9.47 Å². The fourth-order valence-corrected chi connectivity index (χ4v) is 3.04. The predicted octanol–water partition coefficient (Wildman–Crippen LogP) is 4.37. The number of hydrogen-bond donors (Lipinski definition) is 0. The van der Waals surface area contributed by atoms with E-state index in [0.717, 1.165) is 11.3 Å². The van der Waals surface area contributed by atoms with Crippen LogP contribution in [0.3, 0.4) is 0 Å². The molecule has 0 saturated carbocycles. The zero-order valence-electron chi connectivity index (χ0n) is 16.4. The molecule has 7 heteroatoms. The summed E-state index contributed by atoms with van der Waals surface area (Å²) in [5.41, 5.74) is 1.93. The zero-order chi connectivity index (χ0) is 20.8. The van der Waals surface area contributed by atoms with Gasteiger partial charge in [0.15, 0.2) is 5.82 Å². The quantitative estimate of drug-likeness (QED) is 0.429. The van der Waals surface area contributed by atoms with Gasteiger partial charge in [0.05, 0.1) is 18.1 Å². The molecule has 7 nitrogen and oxygen atoms in total. The first kappa shape index (κ1) is 19.3. The minimum Gasteiger partial charge on any atom is -0.457 e. The summed E-state index contributed by atoms with van der Waals surface area (Å²) >= 11 is 0. The molecule has 0 aliphatic heterocycles. The molecule has 4 aromatic rings. The summed E-state index contributed by atoms with van der Waals surface area (Å²) in [7, 11) is 0. The lowest BCUT2D eigenvalue weighted by atomic mass is 10.2. The first-order valence-corrected chi connectivity index (χ1v) is 9.57. The maximum Gasteiger partial charge on any atom is 0.341 e. The highest BCUT2D eigenvalue weighted by molar-refractivity contribution is 5.90. The average Bonchev–Trinajstić information content (AvgIpc) is 3.24. The predicted molar refractivity (Wildman–Crippen MR) is 111 cm³/mol. The SMILES string of the molecule is CCc1c(C(=O)OCc2ccccc2Oc2cccnc2)cnn1-c1ccccn1. The monoisotopic (exact) mass is 400 g/mol. The fraction of sp³-hybridized carbons (Fsp3) is 0.130. The smallest absolute Gasteiger partial charge is 0.341 e. The summed E-state index contributed by atoms with van der Waals surface area (Å²) in [6, 6.07) is 16.6. The lowest BCUT2D eigenvalue weighted by Gasteiger charge is -2.11. The third-order valence-corrected chi connectivity index (χ3v) is 4.48. The van der Waals surface area contributed by atoms with Crippen molar-refractivity contribution >= 4 is 5.97 Å². The van der Waals surface area contributed by atoms with E-state index in [0.29, 0.717) is 29.3 Å².